The number of aryl methyl sites for hydroxylation is 2. The van der Waals surface area contributed by atoms with E-state index in [2.05, 4.69) is 36.5 Å². The molecule has 4 nitrogen and oxygen atoms in total. The highest BCUT2D eigenvalue weighted by molar-refractivity contribution is 7.80. The first-order valence-electron chi connectivity index (χ1n) is 7.31. The van der Waals surface area contributed by atoms with Gasteiger partial charge in [0.05, 0.1) is 4.99 Å². The first-order valence-corrected chi connectivity index (χ1v) is 7.72. The molecule has 1 aliphatic rings. The van der Waals surface area contributed by atoms with Gasteiger partial charge in [-0.2, -0.15) is 5.10 Å². The monoisotopic (exact) mass is 306 g/mol. The topological polar surface area (TPSA) is 42.9 Å². The van der Waals surface area contributed by atoms with Gasteiger partial charge in [-0.05, 0) is 56.4 Å². The van der Waals surface area contributed by atoms with E-state index in [1.165, 1.54) is 11.1 Å². The molecule has 0 bridgehead atoms. The van der Waals surface area contributed by atoms with E-state index in [1.807, 2.05) is 6.92 Å². The van der Waals surface area contributed by atoms with Crippen molar-refractivity contribution >= 4 is 22.9 Å². The Hall–Kier alpha value is -1.62. The summed E-state index contributed by atoms with van der Waals surface area (Å²) in [4.78, 5) is 0.691. The average molecular weight is 306 g/mol. The summed E-state index contributed by atoms with van der Waals surface area (Å²) in [5.74, 6) is 1.70. The summed E-state index contributed by atoms with van der Waals surface area (Å²) in [5.41, 5.74) is 6.50. The quantitative estimate of drug-likeness (QED) is 0.514. The third-order valence-corrected chi connectivity index (χ3v) is 3.55. The third-order valence-electron chi connectivity index (χ3n) is 3.46. The predicted octanol–water partition coefficient (Wildman–Crippen LogP) is 3.40. The van der Waals surface area contributed by atoms with Crippen molar-refractivity contribution in [3.8, 4) is 11.5 Å². The van der Waals surface area contributed by atoms with E-state index in [0.29, 0.717) is 18.2 Å². The van der Waals surface area contributed by atoms with Crippen LogP contribution in [0.4, 0.5) is 0 Å². The van der Waals surface area contributed by atoms with E-state index in [0.717, 1.165) is 36.5 Å². The van der Waals surface area contributed by atoms with Crippen molar-refractivity contribution in [2.45, 2.75) is 40.0 Å². The van der Waals surface area contributed by atoms with Crippen LogP contribution in [0.2, 0.25) is 0 Å². The van der Waals surface area contributed by atoms with Crippen LogP contribution >= 0.6 is 12.2 Å². The molecule has 0 fully saturated rings. The van der Waals surface area contributed by atoms with Crippen LogP contribution in [0.1, 0.15) is 37.8 Å². The SMILES string of the molecule is CC/C(CCc1cc2c(cc1C)OCCO2)=N/NC(C)=S. The van der Waals surface area contributed by atoms with E-state index in [1.54, 1.807) is 0 Å². The lowest BCUT2D eigenvalue weighted by molar-refractivity contribution is 0.171. The normalized spacial score (nSPS) is 14.0. The maximum atomic E-state index is 5.65. The average Bonchev–Trinajstić information content (AvgIpc) is 2.47. The number of benzene rings is 1. The van der Waals surface area contributed by atoms with E-state index in [9.17, 15) is 0 Å². The molecule has 0 aliphatic carbocycles. The highest BCUT2D eigenvalue weighted by Crippen LogP contribution is 2.33. The second-order valence-corrected chi connectivity index (χ2v) is 5.73. The summed E-state index contributed by atoms with van der Waals surface area (Å²) in [6, 6.07) is 4.15. The van der Waals surface area contributed by atoms with Crippen LogP contribution in [0.3, 0.4) is 0 Å². The van der Waals surface area contributed by atoms with Crippen LogP contribution in [0.15, 0.2) is 17.2 Å². The molecule has 114 valence electrons. The molecule has 0 aromatic heterocycles. The highest BCUT2D eigenvalue weighted by atomic mass is 32.1. The van der Waals surface area contributed by atoms with E-state index in [4.69, 9.17) is 21.7 Å². The van der Waals surface area contributed by atoms with Crippen molar-refractivity contribution in [1.29, 1.82) is 0 Å². The Morgan fingerprint density at radius 2 is 1.95 bits per heavy atom. The molecule has 1 aromatic carbocycles. The maximum Gasteiger partial charge on any atom is 0.161 e. The molecule has 0 atom stereocenters. The smallest absolute Gasteiger partial charge is 0.161 e. The van der Waals surface area contributed by atoms with Gasteiger partial charge in [0.15, 0.2) is 11.5 Å². The number of nitrogens with zero attached hydrogens (tertiary/aromatic N) is 1. The molecule has 0 saturated heterocycles. The number of hydrogen-bond acceptors (Lipinski definition) is 4. The van der Waals surface area contributed by atoms with E-state index >= 15 is 0 Å². The number of ether oxygens (including phenoxy) is 2. The van der Waals surface area contributed by atoms with Crippen LogP contribution in [0.25, 0.3) is 0 Å². The molecule has 1 N–H and O–H groups in total. The fourth-order valence-corrected chi connectivity index (χ4v) is 2.30. The van der Waals surface area contributed by atoms with Gasteiger partial charge in [-0.1, -0.05) is 19.1 Å². The predicted molar refractivity (Wildman–Crippen MR) is 89.6 cm³/mol. The highest BCUT2D eigenvalue weighted by Gasteiger charge is 2.14. The molecule has 21 heavy (non-hydrogen) atoms. The molecule has 5 heteroatoms. The van der Waals surface area contributed by atoms with Gasteiger partial charge in [0.25, 0.3) is 0 Å². The summed E-state index contributed by atoms with van der Waals surface area (Å²) < 4.78 is 11.2. The van der Waals surface area contributed by atoms with Crippen molar-refractivity contribution in [3.05, 3.63) is 23.3 Å². The van der Waals surface area contributed by atoms with Crippen molar-refractivity contribution in [1.82, 2.24) is 5.43 Å². The Bertz CT molecular complexity index is 555. The molecule has 1 heterocycles. The van der Waals surface area contributed by atoms with Crippen LogP contribution in [0.5, 0.6) is 11.5 Å². The van der Waals surface area contributed by atoms with Gasteiger partial charge in [0.1, 0.15) is 13.2 Å². The number of hydrazone groups is 1. The fourth-order valence-electron chi connectivity index (χ4n) is 2.25. The first kappa shape index (κ1) is 15.8. The van der Waals surface area contributed by atoms with Gasteiger partial charge in [0.2, 0.25) is 0 Å². The fraction of sp³-hybridized carbons (Fsp3) is 0.500. The first-order chi connectivity index (χ1) is 10.1. The van der Waals surface area contributed by atoms with Crippen LogP contribution in [-0.2, 0) is 6.42 Å². The lowest BCUT2D eigenvalue weighted by Gasteiger charge is -2.20. The van der Waals surface area contributed by atoms with Crippen LogP contribution < -0.4 is 14.9 Å². The van der Waals surface area contributed by atoms with Crippen molar-refractivity contribution < 1.29 is 9.47 Å². The molecule has 0 saturated carbocycles. The molecule has 1 aliphatic heterocycles. The summed E-state index contributed by atoms with van der Waals surface area (Å²) in [6.07, 6.45) is 2.76. The standard InChI is InChI=1S/C16H22N2O2S/c1-4-14(18-17-12(3)21)6-5-13-10-16-15(9-11(13)2)19-7-8-20-16/h9-10H,4-8H2,1-3H3,(H,17,21)/b18-14-. The summed E-state index contributed by atoms with van der Waals surface area (Å²) in [7, 11) is 0. The Kier molecular flexibility index (Phi) is 5.56. The van der Waals surface area contributed by atoms with Gasteiger partial charge in [-0.25, -0.2) is 0 Å². The van der Waals surface area contributed by atoms with Gasteiger partial charge in [-0.3, -0.25) is 5.43 Å². The number of fused-ring (bicyclic) bond motifs is 1. The van der Waals surface area contributed by atoms with Gasteiger partial charge in [0, 0.05) is 5.71 Å². The molecule has 1 aromatic rings. The lowest BCUT2D eigenvalue weighted by atomic mass is 10.0. The zero-order valence-corrected chi connectivity index (χ0v) is 13.7. The molecule has 0 amide bonds. The minimum Gasteiger partial charge on any atom is -0.486 e. The van der Waals surface area contributed by atoms with Crippen LogP contribution in [-0.4, -0.2) is 23.9 Å². The van der Waals surface area contributed by atoms with Crippen molar-refractivity contribution in [2.75, 3.05) is 13.2 Å². The van der Waals surface area contributed by atoms with Gasteiger partial charge < -0.3 is 9.47 Å². The minimum atomic E-state index is 0.620. The Balaban J connectivity index is 2.05. The Morgan fingerprint density at radius 1 is 1.29 bits per heavy atom. The number of hydrogen-bond donors (Lipinski definition) is 1. The van der Waals surface area contributed by atoms with Crippen molar-refractivity contribution in [2.24, 2.45) is 5.10 Å². The lowest BCUT2D eigenvalue weighted by Crippen LogP contribution is -2.16. The molecular weight excluding hydrogens is 284 g/mol. The summed E-state index contributed by atoms with van der Waals surface area (Å²) in [5, 5.41) is 4.34. The molecule has 2 rings (SSSR count). The summed E-state index contributed by atoms with van der Waals surface area (Å²) >= 11 is 4.98. The largest absolute Gasteiger partial charge is 0.486 e. The van der Waals surface area contributed by atoms with E-state index in [-0.39, 0.29) is 0 Å². The zero-order chi connectivity index (χ0) is 15.2. The van der Waals surface area contributed by atoms with E-state index < -0.39 is 0 Å². The van der Waals surface area contributed by atoms with Gasteiger partial charge in [-0.15, -0.1) is 0 Å². The van der Waals surface area contributed by atoms with Crippen molar-refractivity contribution in [3.63, 3.8) is 0 Å². The molecule has 0 radical (unpaired) electrons. The zero-order valence-electron chi connectivity index (χ0n) is 12.9. The second kappa shape index (κ2) is 7.41. The molecule has 0 unspecified atom stereocenters. The molecular formula is C16H22N2O2S. The Morgan fingerprint density at radius 3 is 2.57 bits per heavy atom. The number of nitrogens with one attached hydrogen (secondary N) is 1. The number of thiocarbonyl (C=S) groups is 1. The third kappa shape index (κ3) is 4.43. The number of rotatable bonds is 5. The van der Waals surface area contributed by atoms with Crippen LogP contribution in [0, 0.1) is 6.92 Å². The second-order valence-electron chi connectivity index (χ2n) is 5.12. The Labute approximate surface area is 131 Å². The maximum absolute atomic E-state index is 5.65. The molecule has 0 spiro atoms. The minimum absolute atomic E-state index is 0.620. The summed E-state index contributed by atoms with van der Waals surface area (Å²) in [6.45, 7) is 7.29. The van der Waals surface area contributed by atoms with Gasteiger partial charge >= 0.3 is 0 Å².